The molecule has 0 aliphatic carbocycles. The van der Waals surface area contributed by atoms with Gasteiger partial charge in [-0.25, -0.2) is 0 Å². The van der Waals surface area contributed by atoms with E-state index in [1.54, 1.807) is 24.3 Å². The van der Waals surface area contributed by atoms with Crippen molar-refractivity contribution >= 4 is 23.6 Å². The fourth-order valence-electron chi connectivity index (χ4n) is 1.48. The lowest BCUT2D eigenvalue weighted by atomic mass is 10.1. The second kappa shape index (κ2) is 6.30. The summed E-state index contributed by atoms with van der Waals surface area (Å²) in [6.45, 7) is 4.65. The van der Waals surface area contributed by atoms with Gasteiger partial charge in [0.1, 0.15) is 0 Å². The van der Waals surface area contributed by atoms with Crippen LogP contribution >= 0.6 is 11.6 Å². The van der Waals surface area contributed by atoms with Gasteiger partial charge in [-0.05, 0) is 18.2 Å². The topological polar surface area (TPSA) is 40.5 Å². The molecule has 1 rings (SSSR count). The Kier molecular flexibility index (Phi) is 5.02. The molecule has 0 spiro atoms. The number of aldehydes is 1. The number of aliphatic hydroxyl groups excluding tert-OH is 1. The number of carbonyl (C=O) groups excluding carboxylic acids is 1. The molecule has 0 unspecified atom stereocenters. The average molecular weight is 240 g/mol. The second-order valence-electron chi connectivity index (χ2n) is 3.28. The summed E-state index contributed by atoms with van der Waals surface area (Å²) in [5, 5.41) is 9.52. The normalized spacial score (nSPS) is 9.88. The van der Waals surface area contributed by atoms with E-state index in [-0.39, 0.29) is 6.61 Å². The Morgan fingerprint density at radius 2 is 2.25 bits per heavy atom. The number of carbonyl (C=O) groups is 1. The molecular formula is C12H14ClNO2. The molecule has 0 amide bonds. The Morgan fingerprint density at radius 1 is 1.50 bits per heavy atom. The highest BCUT2D eigenvalue weighted by molar-refractivity contribution is 6.31. The second-order valence-corrected chi connectivity index (χ2v) is 3.72. The Labute approximate surface area is 100.0 Å². The number of aliphatic hydroxyl groups is 1. The van der Waals surface area contributed by atoms with Crippen molar-refractivity contribution in [2.75, 3.05) is 24.6 Å². The molecule has 0 fully saturated rings. The van der Waals surface area contributed by atoms with Gasteiger partial charge in [-0.15, -0.1) is 6.58 Å². The fraction of sp³-hybridized carbons (Fsp3) is 0.250. The van der Waals surface area contributed by atoms with Gasteiger partial charge >= 0.3 is 0 Å². The molecule has 0 atom stereocenters. The predicted molar refractivity (Wildman–Crippen MR) is 66.3 cm³/mol. The minimum absolute atomic E-state index is 0.0126. The van der Waals surface area contributed by atoms with E-state index in [1.165, 1.54) is 0 Å². The summed E-state index contributed by atoms with van der Waals surface area (Å²) < 4.78 is 0. The van der Waals surface area contributed by atoms with Crippen molar-refractivity contribution in [3.63, 3.8) is 0 Å². The number of rotatable bonds is 6. The van der Waals surface area contributed by atoms with Crippen LogP contribution in [0.25, 0.3) is 0 Å². The molecule has 4 heteroatoms. The van der Waals surface area contributed by atoms with E-state index in [1.807, 2.05) is 4.90 Å². The summed E-state index contributed by atoms with van der Waals surface area (Å²) in [6.07, 6.45) is 2.49. The molecular weight excluding hydrogens is 226 g/mol. The molecule has 1 aromatic rings. The number of benzene rings is 1. The van der Waals surface area contributed by atoms with Gasteiger partial charge < -0.3 is 10.0 Å². The van der Waals surface area contributed by atoms with Gasteiger partial charge in [0, 0.05) is 29.4 Å². The maximum absolute atomic E-state index is 10.9. The van der Waals surface area contributed by atoms with Crippen LogP contribution in [0.1, 0.15) is 10.4 Å². The zero-order valence-electron chi connectivity index (χ0n) is 8.90. The van der Waals surface area contributed by atoms with E-state index < -0.39 is 0 Å². The first-order valence-electron chi connectivity index (χ1n) is 4.94. The van der Waals surface area contributed by atoms with Crippen molar-refractivity contribution in [1.82, 2.24) is 0 Å². The summed E-state index contributed by atoms with van der Waals surface area (Å²) in [6, 6.07) is 5.04. The summed E-state index contributed by atoms with van der Waals surface area (Å²) >= 11 is 5.89. The first-order chi connectivity index (χ1) is 7.72. The van der Waals surface area contributed by atoms with Crippen molar-refractivity contribution in [3.05, 3.63) is 41.4 Å². The maximum atomic E-state index is 10.9. The predicted octanol–water partition coefficient (Wildman–Crippen LogP) is 2.14. The van der Waals surface area contributed by atoms with Crippen LogP contribution in [0.15, 0.2) is 30.9 Å². The SMILES string of the molecule is C=CCN(CCO)c1cc(Cl)ccc1C=O. The molecule has 0 bridgehead atoms. The Balaban J connectivity index is 3.09. The fourth-order valence-corrected chi connectivity index (χ4v) is 1.64. The molecule has 0 radical (unpaired) electrons. The standard InChI is InChI=1S/C12H14ClNO2/c1-2-5-14(6-7-15)12-8-11(13)4-3-10(12)9-16/h2-4,8-9,15H,1,5-7H2. The van der Waals surface area contributed by atoms with E-state index in [4.69, 9.17) is 16.7 Å². The van der Waals surface area contributed by atoms with Gasteiger partial charge in [0.2, 0.25) is 0 Å². The monoisotopic (exact) mass is 239 g/mol. The van der Waals surface area contributed by atoms with Crippen LogP contribution < -0.4 is 4.90 Å². The maximum Gasteiger partial charge on any atom is 0.152 e. The van der Waals surface area contributed by atoms with Crippen LogP contribution in [-0.2, 0) is 0 Å². The van der Waals surface area contributed by atoms with Crippen molar-refractivity contribution in [2.24, 2.45) is 0 Å². The smallest absolute Gasteiger partial charge is 0.152 e. The van der Waals surface area contributed by atoms with Crippen LogP contribution in [0.2, 0.25) is 5.02 Å². The summed E-state index contributed by atoms with van der Waals surface area (Å²) in [7, 11) is 0. The van der Waals surface area contributed by atoms with Crippen LogP contribution in [0.4, 0.5) is 5.69 Å². The zero-order chi connectivity index (χ0) is 12.0. The van der Waals surface area contributed by atoms with Crippen LogP contribution in [0.5, 0.6) is 0 Å². The van der Waals surface area contributed by atoms with E-state index in [2.05, 4.69) is 6.58 Å². The van der Waals surface area contributed by atoms with Gasteiger partial charge in [-0.1, -0.05) is 17.7 Å². The van der Waals surface area contributed by atoms with Crippen molar-refractivity contribution in [3.8, 4) is 0 Å². The van der Waals surface area contributed by atoms with Crippen LogP contribution in [-0.4, -0.2) is 31.1 Å². The van der Waals surface area contributed by atoms with Crippen LogP contribution in [0, 0.1) is 0 Å². The average Bonchev–Trinajstić information content (AvgIpc) is 2.29. The number of halogens is 1. The lowest BCUT2D eigenvalue weighted by molar-refractivity contribution is 0.112. The Hall–Kier alpha value is -1.32. The van der Waals surface area contributed by atoms with E-state index in [0.29, 0.717) is 23.7 Å². The largest absolute Gasteiger partial charge is 0.395 e. The Bertz CT molecular complexity index is 379. The number of anilines is 1. The highest BCUT2D eigenvalue weighted by atomic mass is 35.5. The van der Waals surface area contributed by atoms with E-state index in [9.17, 15) is 4.79 Å². The summed E-state index contributed by atoms with van der Waals surface area (Å²) in [4.78, 5) is 12.7. The van der Waals surface area contributed by atoms with Crippen molar-refractivity contribution in [2.45, 2.75) is 0 Å². The van der Waals surface area contributed by atoms with Gasteiger partial charge in [-0.2, -0.15) is 0 Å². The van der Waals surface area contributed by atoms with Gasteiger partial charge in [0.25, 0.3) is 0 Å². The molecule has 0 aromatic heterocycles. The zero-order valence-corrected chi connectivity index (χ0v) is 9.65. The minimum Gasteiger partial charge on any atom is -0.395 e. The van der Waals surface area contributed by atoms with Crippen LogP contribution in [0.3, 0.4) is 0 Å². The molecule has 1 N–H and O–H groups in total. The molecule has 0 aliphatic rings. The van der Waals surface area contributed by atoms with Crippen molar-refractivity contribution < 1.29 is 9.90 Å². The van der Waals surface area contributed by atoms with Gasteiger partial charge in [0.15, 0.2) is 6.29 Å². The molecule has 3 nitrogen and oxygen atoms in total. The first kappa shape index (κ1) is 12.7. The highest BCUT2D eigenvalue weighted by Gasteiger charge is 2.09. The minimum atomic E-state index is 0.0126. The van der Waals surface area contributed by atoms with E-state index >= 15 is 0 Å². The third-order valence-electron chi connectivity index (χ3n) is 2.18. The lowest BCUT2D eigenvalue weighted by Gasteiger charge is -2.23. The number of hydrogen-bond acceptors (Lipinski definition) is 3. The third-order valence-corrected chi connectivity index (χ3v) is 2.41. The first-order valence-corrected chi connectivity index (χ1v) is 5.32. The Morgan fingerprint density at radius 3 is 2.81 bits per heavy atom. The summed E-state index contributed by atoms with van der Waals surface area (Å²) in [5.74, 6) is 0. The molecule has 86 valence electrons. The molecule has 16 heavy (non-hydrogen) atoms. The molecule has 0 saturated carbocycles. The lowest BCUT2D eigenvalue weighted by Crippen LogP contribution is -2.27. The third kappa shape index (κ3) is 3.08. The quantitative estimate of drug-likeness (QED) is 0.611. The van der Waals surface area contributed by atoms with Gasteiger partial charge in [-0.3, -0.25) is 4.79 Å². The van der Waals surface area contributed by atoms with Crippen molar-refractivity contribution in [1.29, 1.82) is 0 Å². The molecule has 0 aliphatic heterocycles. The summed E-state index contributed by atoms with van der Waals surface area (Å²) in [5.41, 5.74) is 1.27. The molecule has 0 heterocycles. The number of nitrogens with zero attached hydrogens (tertiary/aromatic N) is 1. The molecule has 0 saturated heterocycles. The van der Waals surface area contributed by atoms with E-state index in [0.717, 1.165) is 12.0 Å². The molecule has 1 aromatic carbocycles. The number of hydrogen-bond donors (Lipinski definition) is 1. The highest BCUT2D eigenvalue weighted by Crippen LogP contribution is 2.23. The van der Waals surface area contributed by atoms with Gasteiger partial charge in [0.05, 0.1) is 6.61 Å².